The van der Waals surface area contributed by atoms with Crippen molar-refractivity contribution in [1.29, 1.82) is 0 Å². The topological polar surface area (TPSA) is 178 Å². The van der Waals surface area contributed by atoms with Gasteiger partial charge in [0, 0.05) is 118 Å². The van der Waals surface area contributed by atoms with Crippen molar-refractivity contribution in [3.05, 3.63) is 95.8 Å². The number of benzene rings is 3. The number of carbonyl (C=O) groups excluding carboxylic acids is 3. The largest absolute Gasteiger partial charge is 0.494 e. The first kappa shape index (κ1) is 45.7. The molecule has 16 heteroatoms. The number of piperazine rings is 1. The van der Waals surface area contributed by atoms with Crippen molar-refractivity contribution < 1.29 is 23.6 Å². The number of anilines is 3. The Morgan fingerprint density at radius 1 is 0.924 bits per heavy atom. The molecule has 1 unspecified atom stereocenters. The number of hydrogen-bond acceptors (Lipinski definition) is 12. The fourth-order valence-electron chi connectivity index (χ4n) is 8.90. The van der Waals surface area contributed by atoms with Crippen molar-refractivity contribution in [2.45, 2.75) is 65.3 Å². The number of hydrogen-bond donors (Lipinski definition) is 3. The molecule has 0 radical (unpaired) electrons. The number of pyridine rings is 1. The Morgan fingerprint density at radius 3 is 2.39 bits per heavy atom. The molecule has 8 rings (SSSR count). The molecule has 0 spiro atoms. The summed E-state index contributed by atoms with van der Waals surface area (Å²) in [5, 5.41) is 18.0. The standard InChI is InChI=1S/C50H61N11O5/c1-33-26-36(9-10-37(33)29-53-48(64)47-54-49(66-57-47)50(2,3)4)45-41-27-38(30-52-46(41)56-55-45)35-11-13-39(14-12-35)60-24-22-58(23-25-60)31-34-8-7-19-59(20-17-34)40-15-16-42(43(28-40)65-6)61(32-62)21-18-44(63)51-5/h9-16,26-28,30,32,34H,7-8,17-25,29,31H2,1-6H3,(H,51,63)(H,53,64)(H,52,55,56). The van der Waals surface area contributed by atoms with Crippen LogP contribution in [0, 0.1) is 12.8 Å². The van der Waals surface area contributed by atoms with Crippen molar-refractivity contribution >= 4 is 46.3 Å². The van der Waals surface area contributed by atoms with E-state index < -0.39 is 0 Å². The van der Waals surface area contributed by atoms with Crippen molar-refractivity contribution in [2.75, 3.05) is 81.2 Å². The van der Waals surface area contributed by atoms with Crippen LogP contribution in [0.5, 0.6) is 5.75 Å². The highest BCUT2D eigenvalue weighted by Gasteiger charge is 2.26. The van der Waals surface area contributed by atoms with Gasteiger partial charge in [0.2, 0.25) is 18.2 Å². The van der Waals surface area contributed by atoms with E-state index in [1.54, 1.807) is 14.2 Å². The van der Waals surface area contributed by atoms with E-state index in [1.807, 2.05) is 58.2 Å². The molecule has 3 aromatic heterocycles. The first-order chi connectivity index (χ1) is 31.9. The third kappa shape index (κ3) is 10.5. The number of fused-ring (bicyclic) bond motifs is 1. The van der Waals surface area contributed by atoms with Gasteiger partial charge in [-0.05, 0) is 85.2 Å². The molecular formula is C50H61N11O5. The zero-order valence-corrected chi connectivity index (χ0v) is 38.9. The molecule has 2 fully saturated rings. The minimum Gasteiger partial charge on any atom is -0.494 e. The van der Waals surface area contributed by atoms with Crippen LogP contribution in [0.25, 0.3) is 33.4 Å². The molecule has 3 amide bonds. The second kappa shape index (κ2) is 20.1. The molecule has 0 saturated carbocycles. The second-order valence-corrected chi connectivity index (χ2v) is 18.4. The van der Waals surface area contributed by atoms with Crippen LogP contribution in [0.15, 0.2) is 77.4 Å². The van der Waals surface area contributed by atoms with E-state index >= 15 is 0 Å². The molecule has 5 heterocycles. The van der Waals surface area contributed by atoms with Crippen molar-refractivity contribution in [2.24, 2.45) is 5.92 Å². The number of nitrogens with one attached hydrogen (secondary N) is 3. The molecule has 1 atom stereocenters. The Kier molecular flexibility index (Phi) is 14.0. The zero-order chi connectivity index (χ0) is 46.4. The average Bonchev–Trinajstić information content (AvgIpc) is 3.95. The van der Waals surface area contributed by atoms with Crippen LogP contribution < -0.4 is 30.1 Å². The van der Waals surface area contributed by atoms with Crippen LogP contribution in [0.4, 0.5) is 17.1 Å². The Balaban J connectivity index is 0.830. The number of aromatic amines is 1. The molecule has 0 aliphatic carbocycles. The van der Waals surface area contributed by atoms with Crippen LogP contribution >= 0.6 is 0 Å². The van der Waals surface area contributed by atoms with E-state index in [4.69, 9.17) is 14.2 Å². The first-order valence-corrected chi connectivity index (χ1v) is 22.9. The molecule has 3 N–H and O–H groups in total. The number of methoxy groups -OCH3 is 1. The lowest BCUT2D eigenvalue weighted by molar-refractivity contribution is -0.120. The van der Waals surface area contributed by atoms with Crippen molar-refractivity contribution in [3.8, 4) is 28.1 Å². The fourth-order valence-corrected chi connectivity index (χ4v) is 8.90. The van der Waals surface area contributed by atoms with E-state index in [9.17, 15) is 14.4 Å². The lowest BCUT2D eigenvalue weighted by Crippen LogP contribution is -2.47. The van der Waals surface area contributed by atoms with Gasteiger partial charge in [-0.3, -0.25) is 24.4 Å². The summed E-state index contributed by atoms with van der Waals surface area (Å²) in [6, 6.07) is 23.1. The van der Waals surface area contributed by atoms with Crippen molar-refractivity contribution in [3.63, 3.8) is 0 Å². The van der Waals surface area contributed by atoms with Gasteiger partial charge in [0.05, 0.1) is 18.5 Å². The number of H-pyrrole nitrogens is 1. The first-order valence-electron chi connectivity index (χ1n) is 22.9. The summed E-state index contributed by atoms with van der Waals surface area (Å²) < 4.78 is 11.0. The smallest absolute Gasteiger partial charge is 0.292 e. The molecule has 3 aromatic carbocycles. The van der Waals surface area contributed by atoms with Gasteiger partial charge in [0.15, 0.2) is 5.65 Å². The minimum atomic E-state index is -0.381. The van der Waals surface area contributed by atoms with Gasteiger partial charge in [-0.1, -0.05) is 50.2 Å². The second-order valence-electron chi connectivity index (χ2n) is 18.4. The maximum absolute atomic E-state index is 12.8. The van der Waals surface area contributed by atoms with Gasteiger partial charge in [0.1, 0.15) is 5.75 Å². The third-order valence-electron chi connectivity index (χ3n) is 12.9. The quantitative estimate of drug-likeness (QED) is 0.0926. The Hall–Kier alpha value is -6.81. The van der Waals surface area contributed by atoms with E-state index in [0.717, 1.165) is 110 Å². The third-order valence-corrected chi connectivity index (χ3v) is 12.9. The summed E-state index contributed by atoms with van der Waals surface area (Å²) in [5.74, 6) is 1.21. The van der Waals surface area contributed by atoms with Crippen LogP contribution in [-0.2, 0) is 21.5 Å². The van der Waals surface area contributed by atoms with Gasteiger partial charge >= 0.3 is 0 Å². The molecule has 2 saturated heterocycles. The molecule has 2 aliphatic rings. The van der Waals surface area contributed by atoms with Crippen molar-refractivity contribution in [1.82, 2.24) is 40.9 Å². The molecule has 6 aromatic rings. The number of aryl methyl sites for hydroxylation is 1. The highest BCUT2D eigenvalue weighted by molar-refractivity contribution is 5.94. The average molecular weight is 896 g/mol. The van der Waals surface area contributed by atoms with Gasteiger partial charge in [0.25, 0.3) is 11.7 Å². The number of amides is 3. The fraction of sp³-hybridized carbons (Fsp3) is 0.420. The van der Waals surface area contributed by atoms with E-state index in [2.05, 4.69) is 88.1 Å². The summed E-state index contributed by atoms with van der Waals surface area (Å²) in [6.07, 6.45) is 6.30. The molecule has 66 heavy (non-hydrogen) atoms. The summed E-state index contributed by atoms with van der Waals surface area (Å²) in [4.78, 5) is 54.5. The highest BCUT2D eigenvalue weighted by atomic mass is 16.5. The normalized spacial score (nSPS) is 15.9. The Labute approximate surface area is 386 Å². The summed E-state index contributed by atoms with van der Waals surface area (Å²) >= 11 is 0. The number of rotatable bonds is 15. The van der Waals surface area contributed by atoms with E-state index in [-0.39, 0.29) is 36.0 Å². The van der Waals surface area contributed by atoms with Gasteiger partial charge in [-0.15, -0.1) is 0 Å². The van der Waals surface area contributed by atoms with E-state index in [0.29, 0.717) is 35.4 Å². The van der Waals surface area contributed by atoms with Crippen LogP contribution in [0.3, 0.4) is 0 Å². The van der Waals surface area contributed by atoms with E-state index in [1.165, 1.54) is 17.0 Å². The zero-order valence-electron chi connectivity index (χ0n) is 38.9. The number of ether oxygens (including phenoxy) is 1. The Bertz CT molecular complexity index is 2650. The highest BCUT2D eigenvalue weighted by Crippen LogP contribution is 2.35. The monoisotopic (exact) mass is 895 g/mol. The summed E-state index contributed by atoms with van der Waals surface area (Å²) in [6.45, 7) is 15.6. The summed E-state index contributed by atoms with van der Waals surface area (Å²) in [7, 11) is 3.21. The SMILES string of the molecule is CNC(=O)CCN(C=O)c1ccc(N2CCCC(CN3CCN(c4ccc(-c5cnc6n[nH]c(-c7ccc(CNC(=O)c8noc(C(C)(C)C)n8)c(C)c7)c6c5)cc4)CC3)CC2)cc1OC. The minimum absolute atomic E-state index is 0.0251. The maximum atomic E-state index is 12.8. The lowest BCUT2D eigenvalue weighted by Gasteiger charge is -2.37. The summed E-state index contributed by atoms with van der Waals surface area (Å²) in [5.41, 5.74) is 9.29. The van der Waals surface area contributed by atoms with Crippen LogP contribution in [-0.4, -0.2) is 115 Å². The molecular weight excluding hydrogens is 835 g/mol. The predicted molar refractivity (Wildman–Crippen MR) is 257 cm³/mol. The predicted octanol–water partition coefficient (Wildman–Crippen LogP) is 6.75. The van der Waals surface area contributed by atoms with Crippen LogP contribution in [0.1, 0.15) is 74.1 Å². The number of carbonyl (C=O) groups is 3. The molecule has 0 bridgehead atoms. The van der Waals surface area contributed by atoms with Gasteiger partial charge < -0.3 is 34.6 Å². The molecule has 346 valence electrons. The van der Waals surface area contributed by atoms with Crippen LogP contribution in [0.2, 0.25) is 0 Å². The van der Waals surface area contributed by atoms with Gasteiger partial charge in [-0.2, -0.15) is 10.1 Å². The molecule has 16 nitrogen and oxygen atoms in total. The number of nitrogens with zero attached hydrogens (tertiary/aromatic N) is 8. The van der Waals surface area contributed by atoms with Gasteiger partial charge in [-0.25, -0.2) is 4.98 Å². The Morgan fingerprint density at radius 2 is 1.68 bits per heavy atom. The number of aromatic nitrogens is 5. The molecule has 2 aliphatic heterocycles. The maximum Gasteiger partial charge on any atom is 0.292 e. The lowest BCUT2D eigenvalue weighted by atomic mass is 9.97.